The van der Waals surface area contributed by atoms with Gasteiger partial charge in [-0.25, -0.2) is 4.39 Å². The van der Waals surface area contributed by atoms with Gasteiger partial charge in [0.2, 0.25) is 5.91 Å². The quantitative estimate of drug-likeness (QED) is 0.657. The smallest absolute Gasteiger partial charge is 0.219 e. The van der Waals surface area contributed by atoms with Crippen LogP contribution in [0.4, 0.5) is 4.39 Å². The lowest BCUT2D eigenvalue weighted by Crippen LogP contribution is -2.54. The molecule has 1 saturated carbocycles. The molecule has 1 saturated heterocycles. The maximum Gasteiger partial charge on any atom is 0.219 e. The van der Waals surface area contributed by atoms with Crippen molar-refractivity contribution in [2.45, 2.75) is 56.7 Å². The number of β-amino-alcohol motifs (C(OH)–C–C–N with tert-alkyl or cyclic N) is 2. The summed E-state index contributed by atoms with van der Waals surface area (Å²) >= 11 is 0. The third-order valence-electron chi connectivity index (χ3n) is 7.48. The molecule has 2 aromatic rings. The highest BCUT2D eigenvalue weighted by molar-refractivity contribution is 5.73. The van der Waals surface area contributed by atoms with E-state index in [1.165, 1.54) is 24.6 Å². The Hall–Kier alpha value is -2.48. The second kappa shape index (κ2) is 10.6. The Bertz CT molecular complexity index is 1010. The zero-order valence-corrected chi connectivity index (χ0v) is 20.8. The third-order valence-corrected chi connectivity index (χ3v) is 7.48. The van der Waals surface area contributed by atoms with Crippen LogP contribution < -0.4 is 4.74 Å². The Kier molecular flexibility index (Phi) is 7.79. The lowest BCUT2D eigenvalue weighted by Gasteiger charge is -2.40. The van der Waals surface area contributed by atoms with E-state index in [-0.39, 0.29) is 31.4 Å². The summed E-state index contributed by atoms with van der Waals surface area (Å²) in [4.78, 5) is 15.9. The number of aryl methyl sites for hydroxylation is 1. The number of hydrogen-bond acceptors (Lipinski definition) is 5. The van der Waals surface area contributed by atoms with Crippen molar-refractivity contribution in [2.24, 2.45) is 0 Å². The van der Waals surface area contributed by atoms with Crippen molar-refractivity contribution in [1.29, 1.82) is 0 Å². The molecule has 1 aliphatic heterocycles. The fourth-order valence-electron chi connectivity index (χ4n) is 5.45. The zero-order valence-electron chi connectivity index (χ0n) is 20.8. The van der Waals surface area contributed by atoms with Crippen molar-refractivity contribution in [1.82, 2.24) is 9.80 Å². The molecule has 2 fully saturated rings. The van der Waals surface area contributed by atoms with Gasteiger partial charge in [0.15, 0.2) is 0 Å². The molecule has 1 heterocycles. The van der Waals surface area contributed by atoms with Crippen LogP contribution in [-0.2, 0) is 4.79 Å². The molecule has 7 heteroatoms. The maximum atomic E-state index is 13.6. The number of ether oxygens (including phenoxy) is 1. The van der Waals surface area contributed by atoms with Crippen molar-refractivity contribution in [2.75, 3.05) is 39.3 Å². The zero-order chi connectivity index (χ0) is 25.1. The van der Waals surface area contributed by atoms with Gasteiger partial charge in [0, 0.05) is 33.1 Å². The average Bonchev–Trinajstić information content (AvgIpc) is 2.99. The van der Waals surface area contributed by atoms with E-state index in [0.717, 1.165) is 12.8 Å². The van der Waals surface area contributed by atoms with Crippen LogP contribution in [0.1, 0.15) is 49.7 Å². The van der Waals surface area contributed by atoms with E-state index in [1.54, 1.807) is 17.9 Å². The van der Waals surface area contributed by atoms with Gasteiger partial charge in [-0.1, -0.05) is 30.3 Å². The summed E-state index contributed by atoms with van der Waals surface area (Å²) in [6.45, 7) is 5.05. The van der Waals surface area contributed by atoms with Crippen LogP contribution in [0.5, 0.6) is 5.75 Å². The molecule has 1 amide bonds. The summed E-state index contributed by atoms with van der Waals surface area (Å²) in [7, 11) is 0. The number of nitrogens with zero attached hydrogens (tertiary/aromatic N) is 2. The lowest BCUT2D eigenvalue weighted by molar-refractivity contribution is -0.132. The van der Waals surface area contributed by atoms with E-state index in [2.05, 4.69) is 29.2 Å². The molecule has 0 radical (unpaired) electrons. The number of aliphatic hydroxyl groups is 2. The van der Waals surface area contributed by atoms with Gasteiger partial charge in [0.05, 0.1) is 12.1 Å². The highest BCUT2D eigenvalue weighted by atomic mass is 19.1. The molecule has 1 atom stereocenters. The van der Waals surface area contributed by atoms with Gasteiger partial charge in [-0.05, 0) is 67.9 Å². The summed E-state index contributed by atoms with van der Waals surface area (Å²) in [6.07, 6.45) is 3.24. The molecule has 2 N–H and O–H groups in total. The number of amides is 1. The minimum atomic E-state index is -1.32. The van der Waals surface area contributed by atoms with Crippen molar-refractivity contribution >= 4 is 5.91 Å². The standard InChI is InChI=1S/C28H37FN2O4/c1-21-16-25(8-9-26(21)29)35-20-28(34)18-30(14-15-31(19-28)22(2)32)17-27(33)12-10-24(11-13-27)23-6-4-3-5-7-23/h3-9,16,24,33-34H,10-15,17-20H2,1-2H3. The first kappa shape index (κ1) is 25.6. The fourth-order valence-corrected chi connectivity index (χ4v) is 5.45. The molecule has 2 aromatic carbocycles. The first-order valence-corrected chi connectivity index (χ1v) is 12.5. The van der Waals surface area contributed by atoms with Crippen molar-refractivity contribution in [3.63, 3.8) is 0 Å². The van der Waals surface area contributed by atoms with Gasteiger partial charge < -0.3 is 19.8 Å². The number of carbonyl (C=O) groups is 1. The highest BCUT2D eigenvalue weighted by Gasteiger charge is 2.41. The van der Waals surface area contributed by atoms with E-state index < -0.39 is 11.2 Å². The normalized spacial score (nSPS) is 27.9. The number of benzene rings is 2. The molecule has 2 aliphatic rings. The monoisotopic (exact) mass is 484 g/mol. The SMILES string of the molecule is CC(=O)N1CCN(CC2(O)CCC(c3ccccc3)CC2)CC(O)(COc2ccc(F)c(C)c2)C1. The number of halogens is 1. The molecule has 0 aromatic heterocycles. The Morgan fingerprint density at radius 1 is 1.06 bits per heavy atom. The van der Waals surface area contributed by atoms with Crippen LogP contribution in [0.3, 0.4) is 0 Å². The Balaban J connectivity index is 1.41. The Morgan fingerprint density at radius 2 is 1.77 bits per heavy atom. The molecule has 6 nitrogen and oxygen atoms in total. The minimum absolute atomic E-state index is 0.0349. The van der Waals surface area contributed by atoms with Crippen molar-refractivity contribution in [3.8, 4) is 5.75 Å². The highest BCUT2D eigenvalue weighted by Crippen LogP contribution is 2.38. The van der Waals surface area contributed by atoms with E-state index in [0.29, 0.717) is 49.7 Å². The van der Waals surface area contributed by atoms with Crippen LogP contribution >= 0.6 is 0 Å². The lowest BCUT2D eigenvalue weighted by atomic mass is 9.76. The van der Waals surface area contributed by atoms with E-state index in [4.69, 9.17) is 4.74 Å². The predicted molar refractivity (Wildman–Crippen MR) is 133 cm³/mol. The molecule has 35 heavy (non-hydrogen) atoms. The second-order valence-electron chi connectivity index (χ2n) is 10.5. The molecule has 190 valence electrons. The summed E-state index contributed by atoms with van der Waals surface area (Å²) in [6, 6.07) is 14.9. The van der Waals surface area contributed by atoms with Gasteiger partial charge in [0.25, 0.3) is 0 Å². The van der Waals surface area contributed by atoms with Crippen LogP contribution in [-0.4, -0.2) is 76.5 Å². The van der Waals surface area contributed by atoms with Crippen LogP contribution in [0.25, 0.3) is 0 Å². The largest absolute Gasteiger partial charge is 0.490 e. The Morgan fingerprint density at radius 3 is 2.43 bits per heavy atom. The first-order chi connectivity index (χ1) is 16.6. The van der Waals surface area contributed by atoms with Gasteiger partial charge in [-0.15, -0.1) is 0 Å². The second-order valence-corrected chi connectivity index (χ2v) is 10.5. The predicted octanol–water partition coefficient (Wildman–Crippen LogP) is 3.50. The van der Waals surface area contributed by atoms with Crippen LogP contribution in [0.2, 0.25) is 0 Å². The molecular weight excluding hydrogens is 447 g/mol. The molecule has 0 bridgehead atoms. The summed E-state index contributed by atoms with van der Waals surface area (Å²) in [5.74, 6) is 0.512. The van der Waals surface area contributed by atoms with E-state index in [9.17, 15) is 19.4 Å². The fraction of sp³-hybridized carbons (Fsp3) is 0.536. The van der Waals surface area contributed by atoms with Crippen LogP contribution in [0, 0.1) is 12.7 Å². The van der Waals surface area contributed by atoms with Crippen molar-refractivity contribution in [3.05, 3.63) is 65.5 Å². The third kappa shape index (κ3) is 6.60. The van der Waals surface area contributed by atoms with Gasteiger partial charge >= 0.3 is 0 Å². The number of rotatable bonds is 6. The Labute approximate surface area is 207 Å². The van der Waals surface area contributed by atoms with E-state index in [1.807, 2.05) is 6.07 Å². The van der Waals surface area contributed by atoms with Crippen LogP contribution in [0.15, 0.2) is 48.5 Å². The number of hydrogen-bond donors (Lipinski definition) is 2. The summed E-state index contributed by atoms with van der Waals surface area (Å²) in [5, 5.41) is 22.9. The molecule has 0 spiro atoms. The van der Waals surface area contributed by atoms with Gasteiger partial charge in [-0.3, -0.25) is 9.69 Å². The summed E-state index contributed by atoms with van der Waals surface area (Å²) < 4.78 is 19.5. The maximum absolute atomic E-state index is 13.6. The number of carbonyl (C=O) groups excluding carboxylic acids is 1. The first-order valence-electron chi connectivity index (χ1n) is 12.5. The van der Waals surface area contributed by atoms with Gasteiger partial charge in [-0.2, -0.15) is 0 Å². The average molecular weight is 485 g/mol. The van der Waals surface area contributed by atoms with Crippen molar-refractivity contribution < 1.29 is 24.1 Å². The molecular formula is C28H37FN2O4. The molecule has 4 rings (SSSR count). The molecule has 1 aliphatic carbocycles. The summed E-state index contributed by atoms with van der Waals surface area (Å²) in [5.41, 5.74) is -0.353. The van der Waals surface area contributed by atoms with Gasteiger partial charge in [0.1, 0.15) is 23.8 Å². The molecule has 1 unspecified atom stereocenters. The minimum Gasteiger partial charge on any atom is -0.490 e. The van der Waals surface area contributed by atoms with E-state index >= 15 is 0 Å². The topological polar surface area (TPSA) is 73.2 Å².